The van der Waals surface area contributed by atoms with Gasteiger partial charge in [0.25, 0.3) is 11.8 Å². The number of primary amides is 1. The highest BCUT2D eigenvalue weighted by molar-refractivity contribution is 7.57. The second kappa shape index (κ2) is 13.6. The number of carbonyl (C=O) groups excluding carboxylic acids is 4. The molecule has 0 saturated heterocycles. The summed E-state index contributed by atoms with van der Waals surface area (Å²) in [6.07, 6.45) is 0.0862. The fourth-order valence-electron chi connectivity index (χ4n) is 5.62. The van der Waals surface area contributed by atoms with Gasteiger partial charge < -0.3 is 15.4 Å². The Balaban J connectivity index is 1.47. The highest BCUT2D eigenvalue weighted by Crippen LogP contribution is 2.47. The molecule has 3 atom stereocenters. The minimum absolute atomic E-state index is 0.00881. The molecule has 1 aliphatic heterocycles. The van der Waals surface area contributed by atoms with Crippen LogP contribution in [-0.4, -0.2) is 52.9 Å². The molecule has 11 heteroatoms. The second-order valence-electron chi connectivity index (χ2n) is 11.6. The smallest absolute Gasteiger partial charge is 0.321 e. The van der Waals surface area contributed by atoms with Gasteiger partial charge >= 0.3 is 6.03 Å². The second-order valence-corrected chi connectivity index (χ2v) is 14.0. The first-order chi connectivity index (χ1) is 20.8. The van der Waals surface area contributed by atoms with Crippen LogP contribution < -0.4 is 15.4 Å². The summed E-state index contributed by atoms with van der Waals surface area (Å²) in [6, 6.07) is 18.6. The summed E-state index contributed by atoms with van der Waals surface area (Å²) in [4.78, 5) is 65.0. The van der Waals surface area contributed by atoms with E-state index in [4.69, 9.17) is 10.5 Å². The number of carbonyl (C=O) groups is 4. The van der Waals surface area contributed by atoms with Gasteiger partial charge in [-0.2, -0.15) is 0 Å². The van der Waals surface area contributed by atoms with Gasteiger partial charge in [0, 0.05) is 24.3 Å². The Morgan fingerprint density at radius 2 is 1.45 bits per heavy atom. The van der Waals surface area contributed by atoms with Gasteiger partial charge in [-0.05, 0) is 73.2 Å². The minimum Gasteiger partial charge on any atom is -0.497 e. The number of anilines is 1. The van der Waals surface area contributed by atoms with Gasteiger partial charge in [0.1, 0.15) is 5.75 Å². The number of methoxy groups -OCH3 is 1. The van der Waals surface area contributed by atoms with Crippen molar-refractivity contribution in [3.05, 3.63) is 95.1 Å². The molecule has 4 rings (SSSR count). The molecule has 1 unspecified atom stereocenters. The lowest BCUT2D eigenvalue weighted by atomic mass is 9.96. The topological polar surface area (TPSA) is 147 Å². The molecule has 1 heterocycles. The maximum Gasteiger partial charge on any atom is 0.321 e. The number of urea groups is 1. The first-order valence-corrected chi connectivity index (χ1v) is 16.5. The highest BCUT2D eigenvalue weighted by Gasteiger charge is 2.38. The standard InChI is InChI=1S/C33H38N3O7P/c1-21(2)17-25(30(37)35(33(34)40)22(3)18-23-11-15-27(43-4)16-12-23)20-44(41,42)19-24-9-13-26(14-10-24)36-31(38)28-7-5-6-8-29(28)32(36)39/h5-16,21-22,25H,17-20H2,1-4H3,(H2,34,40)(H,41,42)/t22-,25-/m1/s1. The predicted octanol–water partition coefficient (Wildman–Crippen LogP) is 5.47. The zero-order chi connectivity index (χ0) is 32.2. The van der Waals surface area contributed by atoms with E-state index in [9.17, 15) is 28.6 Å². The van der Waals surface area contributed by atoms with Crippen LogP contribution in [0.3, 0.4) is 0 Å². The maximum absolute atomic E-state index is 13.7. The Kier molecular flexibility index (Phi) is 10.1. The van der Waals surface area contributed by atoms with Crippen LogP contribution in [0, 0.1) is 11.8 Å². The van der Waals surface area contributed by atoms with E-state index in [1.807, 2.05) is 26.0 Å². The normalized spacial score (nSPS) is 15.5. The van der Waals surface area contributed by atoms with Gasteiger partial charge in [-0.25, -0.2) is 9.69 Å². The van der Waals surface area contributed by atoms with Crippen molar-refractivity contribution in [2.75, 3.05) is 18.2 Å². The van der Waals surface area contributed by atoms with E-state index in [-0.39, 0.29) is 18.2 Å². The number of benzene rings is 3. The molecule has 10 nitrogen and oxygen atoms in total. The van der Waals surface area contributed by atoms with E-state index in [0.717, 1.165) is 15.4 Å². The molecule has 0 radical (unpaired) electrons. The van der Waals surface area contributed by atoms with Crippen LogP contribution >= 0.6 is 7.37 Å². The van der Waals surface area contributed by atoms with E-state index in [2.05, 4.69) is 0 Å². The van der Waals surface area contributed by atoms with Crippen LogP contribution in [0.15, 0.2) is 72.8 Å². The van der Waals surface area contributed by atoms with Crippen molar-refractivity contribution >= 4 is 36.8 Å². The molecular weight excluding hydrogens is 581 g/mol. The van der Waals surface area contributed by atoms with Crippen LogP contribution in [-0.2, 0) is 21.9 Å². The summed E-state index contributed by atoms with van der Waals surface area (Å²) in [5.74, 6) is -1.66. The zero-order valence-electron chi connectivity index (χ0n) is 25.3. The number of imide groups is 2. The Bertz CT molecular complexity index is 1550. The number of nitrogens with zero attached hydrogens (tertiary/aromatic N) is 2. The molecule has 0 spiro atoms. The number of amides is 5. The van der Waals surface area contributed by atoms with Gasteiger partial charge in [0.05, 0.1) is 23.9 Å². The molecule has 1 aliphatic rings. The summed E-state index contributed by atoms with van der Waals surface area (Å²) in [6.45, 7) is 5.51. The highest BCUT2D eigenvalue weighted by atomic mass is 31.2. The van der Waals surface area contributed by atoms with Crippen molar-refractivity contribution in [3.63, 3.8) is 0 Å². The van der Waals surface area contributed by atoms with Gasteiger partial charge in [0.15, 0.2) is 0 Å². The average molecular weight is 620 g/mol. The first-order valence-electron chi connectivity index (χ1n) is 14.4. The summed E-state index contributed by atoms with van der Waals surface area (Å²) in [5.41, 5.74) is 8.05. The van der Waals surface area contributed by atoms with Crippen molar-refractivity contribution in [1.82, 2.24) is 4.90 Å². The Morgan fingerprint density at radius 3 is 1.95 bits per heavy atom. The summed E-state index contributed by atoms with van der Waals surface area (Å²) in [7, 11) is -2.37. The quantitative estimate of drug-likeness (QED) is 0.202. The lowest BCUT2D eigenvalue weighted by Gasteiger charge is -2.31. The summed E-state index contributed by atoms with van der Waals surface area (Å²) >= 11 is 0. The third-order valence-corrected chi connectivity index (χ3v) is 9.51. The van der Waals surface area contributed by atoms with Gasteiger partial charge in [-0.15, -0.1) is 0 Å². The van der Waals surface area contributed by atoms with Gasteiger partial charge in [-0.3, -0.25) is 23.8 Å². The van der Waals surface area contributed by atoms with Crippen LogP contribution in [0.25, 0.3) is 0 Å². The zero-order valence-corrected chi connectivity index (χ0v) is 26.2. The third-order valence-electron chi connectivity index (χ3n) is 7.63. The van der Waals surface area contributed by atoms with Crippen LogP contribution in [0.2, 0.25) is 0 Å². The van der Waals surface area contributed by atoms with Crippen LogP contribution in [0.4, 0.5) is 10.5 Å². The van der Waals surface area contributed by atoms with E-state index in [0.29, 0.717) is 41.0 Å². The van der Waals surface area contributed by atoms with E-state index < -0.39 is 43.1 Å². The van der Waals surface area contributed by atoms with Crippen molar-refractivity contribution in [2.45, 2.75) is 45.8 Å². The molecule has 0 bridgehead atoms. The molecular formula is C33H38N3O7P. The van der Waals surface area contributed by atoms with E-state index in [1.54, 1.807) is 74.7 Å². The molecule has 0 aromatic heterocycles. The Morgan fingerprint density at radius 1 is 0.909 bits per heavy atom. The number of ether oxygens (including phenoxy) is 1. The SMILES string of the molecule is COc1ccc(C[C@@H](C)N(C(N)=O)C(=O)[C@H](CC(C)C)CP(=O)(O)Cc2ccc(N3C(=O)c4ccccc4C3=O)cc2)cc1. The largest absolute Gasteiger partial charge is 0.497 e. The van der Waals surface area contributed by atoms with Crippen molar-refractivity contribution < 1.29 is 33.4 Å². The molecule has 0 saturated carbocycles. The molecule has 232 valence electrons. The maximum atomic E-state index is 13.7. The molecule has 0 fully saturated rings. The number of rotatable bonds is 12. The minimum atomic E-state index is -3.93. The number of fused-ring (bicyclic) bond motifs is 1. The molecule has 44 heavy (non-hydrogen) atoms. The fraction of sp³-hybridized carbons (Fsp3) is 0.333. The average Bonchev–Trinajstić information content (AvgIpc) is 3.22. The molecule has 5 amide bonds. The van der Waals surface area contributed by atoms with Gasteiger partial charge in [0.2, 0.25) is 13.3 Å². The lowest BCUT2D eigenvalue weighted by molar-refractivity contribution is -0.133. The van der Waals surface area contributed by atoms with Gasteiger partial charge in [-0.1, -0.05) is 50.2 Å². The number of nitrogens with two attached hydrogens (primary N) is 1. The van der Waals surface area contributed by atoms with Crippen molar-refractivity contribution in [2.24, 2.45) is 17.6 Å². The summed E-state index contributed by atoms with van der Waals surface area (Å²) < 4.78 is 18.7. The number of hydrogen-bond donors (Lipinski definition) is 2. The van der Waals surface area contributed by atoms with Crippen LogP contribution in [0.1, 0.15) is 59.0 Å². The molecule has 3 N–H and O–H groups in total. The Labute approximate surface area is 257 Å². The molecule has 3 aromatic rings. The van der Waals surface area contributed by atoms with E-state index in [1.165, 1.54) is 0 Å². The predicted molar refractivity (Wildman–Crippen MR) is 168 cm³/mol. The van der Waals surface area contributed by atoms with Crippen LogP contribution in [0.5, 0.6) is 5.75 Å². The van der Waals surface area contributed by atoms with Crippen molar-refractivity contribution in [3.8, 4) is 5.75 Å². The lowest BCUT2D eigenvalue weighted by Crippen LogP contribution is -2.50. The first kappa shape index (κ1) is 32.6. The monoisotopic (exact) mass is 619 g/mol. The summed E-state index contributed by atoms with van der Waals surface area (Å²) in [5, 5.41) is 0. The fourth-order valence-corrected chi connectivity index (χ4v) is 7.53. The van der Waals surface area contributed by atoms with E-state index >= 15 is 0 Å². The van der Waals surface area contributed by atoms with Crippen molar-refractivity contribution in [1.29, 1.82) is 0 Å². The third kappa shape index (κ3) is 7.44. The Hall–Kier alpha value is -4.27. The molecule has 0 aliphatic carbocycles. The number of hydrogen-bond acceptors (Lipinski definition) is 6. The molecule has 3 aromatic carbocycles.